The number of aromatic amines is 1. The van der Waals surface area contributed by atoms with E-state index >= 15 is 0 Å². The molecule has 2 aromatic heterocycles. The zero-order chi connectivity index (χ0) is 26.7. The number of nitrogens with two attached hydrogens (primary N) is 1. The molecule has 0 atom stereocenters. The number of carbonyl (C=O) groups excluding carboxylic acids is 1. The van der Waals surface area contributed by atoms with Gasteiger partial charge in [0.05, 0.1) is 11.8 Å². The largest absolute Gasteiger partial charge is 0.416 e. The molecule has 1 fully saturated rings. The number of pyridine rings is 1. The Morgan fingerprint density at radius 3 is 2.53 bits per heavy atom. The van der Waals surface area contributed by atoms with Gasteiger partial charge in [0.2, 0.25) is 0 Å². The van der Waals surface area contributed by atoms with E-state index in [4.69, 9.17) is 0 Å². The van der Waals surface area contributed by atoms with Crippen LogP contribution in [-0.4, -0.2) is 70.7 Å². The van der Waals surface area contributed by atoms with Gasteiger partial charge in [-0.3, -0.25) is 10.00 Å². The molecular weight excluding hydrogens is 495 g/mol. The number of piperazine rings is 1. The van der Waals surface area contributed by atoms with Crippen LogP contribution in [0.4, 0.5) is 24.5 Å². The summed E-state index contributed by atoms with van der Waals surface area (Å²) in [5.41, 5.74) is 3.12. The second-order valence-electron chi connectivity index (χ2n) is 9.57. The lowest BCUT2D eigenvalue weighted by Gasteiger charge is -2.32. The number of rotatable bonds is 7. The van der Waals surface area contributed by atoms with E-state index in [9.17, 15) is 18.0 Å². The molecule has 1 saturated heterocycles. The lowest BCUT2D eigenvalue weighted by Crippen LogP contribution is -2.83. The van der Waals surface area contributed by atoms with Gasteiger partial charge in [0.25, 0.3) is 0 Å². The molecule has 4 aromatic rings. The second kappa shape index (κ2) is 10.9. The molecule has 2 aromatic carbocycles. The summed E-state index contributed by atoms with van der Waals surface area (Å²) in [5.74, 6) is -0.316. The highest BCUT2D eigenvalue weighted by atomic mass is 19.4. The van der Waals surface area contributed by atoms with E-state index in [1.165, 1.54) is 11.4 Å². The van der Waals surface area contributed by atoms with Crippen LogP contribution < -0.4 is 10.6 Å². The summed E-state index contributed by atoms with van der Waals surface area (Å²) in [7, 11) is 2.01. The van der Waals surface area contributed by atoms with E-state index in [1.54, 1.807) is 18.5 Å². The maximum absolute atomic E-state index is 13.8. The number of fused-ring (bicyclic) bond motifs is 1. The fourth-order valence-corrected chi connectivity index (χ4v) is 4.53. The van der Waals surface area contributed by atoms with Gasteiger partial charge in [-0.25, -0.2) is 15.1 Å². The highest BCUT2D eigenvalue weighted by Crippen LogP contribution is 2.34. The number of primary amides is 1. The first-order valence-corrected chi connectivity index (χ1v) is 12.4. The summed E-state index contributed by atoms with van der Waals surface area (Å²) in [5, 5.41) is 12.0. The van der Waals surface area contributed by atoms with Gasteiger partial charge in [0.15, 0.2) is 5.65 Å². The van der Waals surface area contributed by atoms with E-state index in [1.807, 2.05) is 42.3 Å². The van der Waals surface area contributed by atoms with Crippen LogP contribution in [0.1, 0.15) is 11.1 Å². The van der Waals surface area contributed by atoms with Gasteiger partial charge >= 0.3 is 12.1 Å². The minimum atomic E-state index is -4.49. The first kappa shape index (κ1) is 25.8. The van der Waals surface area contributed by atoms with Crippen LogP contribution in [0.15, 0.2) is 60.9 Å². The van der Waals surface area contributed by atoms with Gasteiger partial charge in [-0.15, -0.1) is 0 Å². The van der Waals surface area contributed by atoms with Crippen molar-refractivity contribution >= 4 is 28.3 Å². The number of alkyl halides is 3. The lowest BCUT2D eigenvalue weighted by atomic mass is 10.0. The van der Waals surface area contributed by atoms with Gasteiger partial charge in [0, 0.05) is 61.6 Å². The van der Waals surface area contributed by atoms with E-state index in [0.717, 1.165) is 54.4 Å². The van der Waals surface area contributed by atoms with E-state index in [-0.39, 0.29) is 30.2 Å². The predicted molar refractivity (Wildman–Crippen MR) is 139 cm³/mol. The number of nitrogens with zero attached hydrogens (tertiary/aromatic N) is 4. The molecule has 0 aliphatic carbocycles. The Hall–Kier alpha value is -3.80. The van der Waals surface area contributed by atoms with Gasteiger partial charge in [0.1, 0.15) is 12.2 Å². The number of halogens is 3. The number of quaternary nitrogens is 1. The second-order valence-corrected chi connectivity index (χ2v) is 9.57. The van der Waals surface area contributed by atoms with Crippen LogP contribution in [0, 0.1) is 0 Å². The van der Waals surface area contributed by atoms with E-state index in [0.29, 0.717) is 5.65 Å². The van der Waals surface area contributed by atoms with Crippen molar-refractivity contribution < 1.29 is 23.3 Å². The molecule has 3 heterocycles. The van der Waals surface area contributed by atoms with Crippen molar-refractivity contribution in [2.75, 3.05) is 45.1 Å². The number of likely N-dealkylation sites (N-methyl/N-ethyl adjacent to an activating group) is 1. The van der Waals surface area contributed by atoms with Crippen LogP contribution in [0.2, 0.25) is 0 Å². The summed E-state index contributed by atoms with van der Waals surface area (Å²) in [6.45, 7) is 3.31. The average molecular weight is 525 g/mol. The summed E-state index contributed by atoms with van der Waals surface area (Å²) in [4.78, 5) is 21.1. The standard InChI is InChI=1S/C27H28F3N7O/c1-36-8-10-37(11-9-36)17-19-4-7-23(13-24(19)27(28,29)30)34-25(38)16-31-22-5-2-18(3-6-22)20-12-21-15-33-35-26(21)32-14-20/h2-7,12-15,31H,8-11,16-17H2,1H3,(H,34,38)(H,32,33,35)/p+1. The number of carbonyl (C=O) groups is 1. The summed E-state index contributed by atoms with van der Waals surface area (Å²) < 4.78 is 41.5. The van der Waals surface area contributed by atoms with Crippen molar-refractivity contribution in [1.82, 2.24) is 25.0 Å². The predicted octanol–water partition coefficient (Wildman–Crippen LogP) is 3.22. The highest BCUT2D eigenvalue weighted by Gasteiger charge is 2.35. The van der Waals surface area contributed by atoms with Crippen molar-refractivity contribution in [1.29, 1.82) is 0 Å². The van der Waals surface area contributed by atoms with Crippen molar-refractivity contribution in [2.45, 2.75) is 12.7 Å². The van der Waals surface area contributed by atoms with E-state index in [2.05, 4.69) is 25.4 Å². The highest BCUT2D eigenvalue weighted by molar-refractivity contribution is 5.80. The molecule has 1 aliphatic heterocycles. The number of hydrogen-bond donors (Lipinski definition) is 3. The fourth-order valence-electron chi connectivity index (χ4n) is 4.53. The maximum atomic E-state index is 13.8. The summed E-state index contributed by atoms with van der Waals surface area (Å²) in [6.07, 6.45) is -1.03. The van der Waals surface area contributed by atoms with Crippen molar-refractivity contribution in [3.8, 4) is 11.1 Å². The molecular formula is C27H29F3N7O+. The van der Waals surface area contributed by atoms with Gasteiger partial charge in [-0.05, 0) is 42.4 Å². The minimum absolute atomic E-state index is 0.0354. The molecule has 198 valence electrons. The van der Waals surface area contributed by atoms with Crippen LogP contribution in [0.3, 0.4) is 0 Å². The van der Waals surface area contributed by atoms with Crippen LogP contribution in [-0.2, 0) is 17.5 Å². The molecule has 0 bridgehead atoms. The number of hydrogen-bond acceptors (Lipinski definition) is 6. The Morgan fingerprint density at radius 2 is 1.79 bits per heavy atom. The van der Waals surface area contributed by atoms with E-state index < -0.39 is 11.7 Å². The number of aromatic nitrogens is 3. The van der Waals surface area contributed by atoms with Crippen LogP contribution in [0.25, 0.3) is 22.2 Å². The van der Waals surface area contributed by atoms with Crippen molar-refractivity contribution in [2.24, 2.45) is 0 Å². The number of amides is 1. The molecule has 0 saturated carbocycles. The molecule has 8 nitrogen and oxygen atoms in total. The number of nitrogens with one attached hydrogen (secondary N) is 2. The Bertz CT molecular complexity index is 1410. The fraction of sp³-hybridized carbons (Fsp3) is 0.296. The topological polar surface area (TPSA) is 93.8 Å². The molecule has 1 amide bonds. The molecule has 5 rings (SSSR count). The van der Waals surface area contributed by atoms with Crippen LogP contribution in [0.5, 0.6) is 0 Å². The monoisotopic (exact) mass is 524 g/mol. The molecule has 0 unspecified atom stereocenters. The number of H-pyrrole nitrogens is 1. The molecule has 1 aliphatic rings. The SMILES string of the molecule is CN1CCN(Cc2ccc([NH2+]C(=O)CNc3ccc(-c4cnc5[nH]ncc5c4)cc3)cc2C(F)(F)F)CC1. The lowest BCUT2D eigenvalue weighted by molar-refractivity contribution is -0.482. The number of anilines is 1. The Balaban J connectivity index is 1.19. The summed E-state index contributed by atoms with van der Waals surface area (Å²) in [6, 6.07) is 13.6. The van der Waals surface area contributed by atoms with Gasteiger partial charge in [-0.1, -0.05) is 18.2 Å². The maximum Gasteiger partial charge on any atom is 0.416 e. The van der Waals surface area contributed by atoms with Gasteiger partial charge < -0.3 is 10.2 Å². The van der Waals surface area contributed by atoms with Crippen LogP contribution >= 0.6 is 0 Å². The quantitative estimate of drug-likeness (QED) is 0.322. The van der Waals surface area contributed by atoms with Gasteiger partial charge in [-0.2, -0.15) is 18.3 Å². The molecule has 38 heavy (non-hydrogen) atoms. The normalized spacial score (nSPS) is 15.2. The minimum Gasteiger partial charge on any atom is -0.373 e. The first-order valence-electron chi connectivity index (χ1n) is 12.4. The Labute approximate surface area is 217 Å². The molecule has 0 spiro atoms. The zero-order valence-electron chi connectivity index (χ0n) is 20.9. The Morgan fingerprint density at radius 1 is 1.03 bits per heavy atom. The van der Waals surface area contributed by atoms with Crippen molar-refractivity contribution in [3.05, 3.63) is 72.1 Å². The summed E-state index contributed by atoms with van der Waals surface area (Å²) >= 11 is 0. The third kappa shape index (κ3) is 6.18. The third-order valence-corrected chi connectivity index (χ3v) is 6.73. The molecule has 4 N–H and O–H groups in total. The smallest absolute Gasteiger partial charge is 0.373 e. The average Bonchev–Trinajstić information content (AvgIpc) is 3.37. The Kier molecular flexibility index (Phi) is 7.41. The zero-order valence-corrected chi connectivity index (χ0v) is 20.9. The number of benzene rings is 2. The first-order chi connectivity index (χ1) is 18.2. The molecule has 11 heteroatoms. The third-order valence-electron chi connectivity index (χ3n) is 6.73. The molecule has 0 radical (unpaired) electrons. The van der Waals surface area contributed by atoms with Crippen molar-refractivity contribution in [3.63, 3.8) is 0 Å².